The molecule has 0 amide bonds. The highest BCUT2D eigenvalue weighted by Gasteiger charge is 2.48. The zero-order chi connectivity index (χ0) is 27.9. The molecule has 1 N–H and O–H groups in total. The third-order valence-corrected chi connectivity index (χ3v) is 9.30. The summed E-state index contributed by atoms with van der Waals surface area (Å²) < 4.78 is 50.1. The molecule has 38 heavy (non-hydrogen) atoms. The Labute approximate surface area is 226 Å². The molecule has 0 spiro atoms. The second kappa shape index (κ2) is 10.3. The molecular weight excluding hydrogens is 518 g/mol. The maximum atomic E-state index is 13.7. The van der Waals surface area contributed by atoms with Crippen molar-refractivity contribution in [3.8, 4) is 11.8 Å². The van der Waals surface area contributed by atoms with E-state index in [4.69, 9.17) is 13.9 Å². The van der Waals surface area contributed by atoms with E-state index in [-0.39, 0.29) is 11.4 Å². The van der Waals surface area contributed by atoms with Gasteiger partial charge in [-0.3, -0.25) is 0 Å². The first-order valence-electron chi connectivity index (χ1n) is 12.6. The molecule has 2 heterocycles. The molecule has 0 aliphatic heterocycles. The number of fused-ring (bicyclic) bond motifs is 3. The molecule has 0 radical (unpaired) electrons. The fraction of sp³-hybridized carbons (Fsp3) is 0.393. The Hall–Kier alpha value is -2.92. The first kappa shape index (κ1) is 28.1. The van der Waals surface area contributed by atoms with Gasteiger partial charge in [-0.2, -0.15) is 4.98 Å². The number of aromatic nitrogens is 2. The molecule has 4 rings (SSSR count). The normalized spacial score (nSPS) is 14.2. The molecule has 0 bridgehead atoms. The summed E-state index contributed by atoms with van der Waals surface area (Å²) in [7, 11) is -0.518. The van der Waals surface area contributed by atoms with Crippen LogP contribution in [0, 0.1) is 5.41 Å². The molecule has 10 heteroatoms. The number of methoxy groups -OCH3 is 2. The summed E-state index contributed by atoms with van der Waals surface area (Å²) in [6.07, 6.45) is 0. The van der Waals surface area contributed by atoms with E-state index in [1.165, 1.54) is 14.2 Å². The van der Waals surface area contributed by atoms with Crippen molar-refractivity contribution in [2.75, 3.05) is 20.8 Å². The number of hydrogen-bond donors (Lipinski definition) is 1. The van der Waals surface area contributed by atoms with Crippen molar-refractivity contribution in [3.05, 3.63) is 60.2 Å². The second-order valence-electron chi connectivity index (χ2n) is 10.7. The number of sulfonamides is 1. The molecule has 1 unspecified atom stereocenters. The molecule has 0 aliphatic rings. The number of nitrogens with zero attached hydrogens (tertiary/aromatic N) is 2. The largest absolute Gasteiger partial charge is 0.481 e. The molecule has 0 aliphatic carbocycles. The van der Waals surface area contributed by atoms with Crippen molar-refractivity contribution >= 4 is 40.9 Å². The lowest BCUT2D eigenvalue weighted by molar-refractivity contribution is -0.0379. The molecular formula is C28H37N3O5SSi. The van der Waals surface area contributed by atoms with Crippen LogP contribution in [0.3, 0.4) is 0 Å². The quantitative estimate of drug-likeness (QED) is 0.294. The summed E-state index contributed by atoms with van der Waals surface area (Å²) >= 11 is 0. The molecule has 0 saturated carbocycles. The Morgan fingerprint density at radius 2 is 1.63 bits per heavy atom. The molecule has 2 aromatic heterocycles. The summed E-state index contributed by atoms with van der Waals surface area (Å²) in [4.78, 5) is 4.68. The van der Waals surface area contributed by atoms with Crippen molar-refractivity contribution in [2.24, 2.45) is 12.5 Å². The maximum absolute atomic E-state index is 13.7. The second-order valence-corrected chi connectivity index (χ2v) is 14.8. The van der Waals surface area contributed by atoms with Gasteiger partial charge in [-0.05, 0) is 48.8 Å². The molecule has 8 nitrogen and oxygen atoms in total. The van der Waals surface area contributed by atoms with Crippen molar-refractivity contribution < 1.29 is 22.3 Å². The Bertz CT molecular complexity index is 1580. The van der Waals surface area contributed by atoms with Gasteiger partial charge in [0, 0.05) is 47.0 Å². The maximum Gasteiger partial charge on any atom is 0.240 e. The van der Waals surface area contributed by atoms with Crippen molar-refractivity contribution in [1.29, 1.82) is 0 Å². The lowest BCUT2D eigenvalue weighted by Crippen LogP contribution is -2.53. The van der Waals surface area contributed by atoms with Gasteiger partial charge in [0.2, 0.25) is 21.8 Å². The number of hydrogen-bond acceptors (Lipinski definition) is 6. The van der Waals surface area contributed by atoms with Gasteiger partial charge in [0.25, 0.3) is 0 Å². The van der Waals surface area contributed by atoms with Gasteiger partial charge in [-0.25, -0.2) is 13.1 Å². The molecule has 4 aromatic rings. The Morgan fingerprint density at radius 3 is 2.26 bits per heavy atom. The van der Waals surface area contributed by atoms with E-state index in [1.54, 1.807) is 18.2 Å². The SMILES string of the molecule is COc1ccc(C(CNS(=O)(=O)c2ccc3c(c2)c2ccccc2n3C)(O[SiH](C)C)C(C)(C)C)c(OC)n1. The van der Waals surface area contributed by atoms with Gasteiger partial charge in [0.05, 0.1) is 19.1 Å². The van der Waals surface area contributed by atoms with Gasteiger partial charge < -0.3 is 18.5 Å². The third kappa shape index (κ3) is 4.93. The van der Waals surface area contributed by atoms with Crippen molar-refractivity contribution in [2.45, 2.75) is 44.4 Å². The van der Waals surface area contributed by atoms with Crippen LogP contribution < -0.4 is 14.2 Å². The summed E-state index contributed by atoms with van der Waals surface area (Å²) in [5, 5.41) is 1.90. The fourth-order valence-electron chi connectivity index (χ4n) is 5.04. The molecule has 1 atom stereocenters. The van der Waals surface area contributed by atoms with Crippen LogP contribution >= 0.6 is 0 Å². The number of pyridine rings is 1. The van der Waals surface area contributed by atoms with Gasteiger partial charge in [-0.15, -0.1) is 0 Å². The summed E-state index contributed by atoms with van der Waals surface area (Å²) in [5.41, 5.74) is 1.12. The summed E-state index contributed by atoms with van der Waals surface area (Å²) in [5.74, 6) is 0.740. The molecule has 2 aromatic carbocycles. The minimum absolute atomic E-state index is 0.00194. The van der Waals surface area contributed by atoms with Gasteiger partial charge in [-0.1, -0.05) is 39.0 Å². The first-order valence-corrected chi connectivity index (χ1v) is 16.8. The van der Waals surface area contributed by atoms with E-state index in [1.807, 2.05) is 64.2 Å². The fourth-order valence-corrected chi connectivity index (χ4v) is 7.49. The van der Waals surface area contributed by atoms with E-state index < -0.39 is 30.1 Å². The van der Waals surface area contributed by atoms with Crippen LogP contribution in [-0.2, 0) is 27.1 Å². The standard InChI is InChI=1S/C28H37N3O5SSi/c1-27(2,3)28(36-38(7)8,22-14-16-25(34-5)30-26(22)35-6)18-29-37(32,33)19-13-15-24-21(17-19)20-11-9-10-12-23(20)31(24)4/h9-17,29,38H,18H2,1-8H3. The minimum Gasteiger partial charge on any atom is -0.481 e. The lowest BCUT2D eigenvalue weighted by atomic mass is 9.72. The zero-order valence-electron chi connectivity index (χ0n) is 23.3. The van der Waals surface area contributed by atoms with Crippen molar-refractivity contribution in [3.63, 3.8) is 0 Å². The Morgan fingerprint density at radius 1 is 0.947 bits per heavy atom. The van der Waals surface area contributed by atoms with E-state index in [0.29, 0.717) is 17.3 Å². The Kier molecular flexibility index (Phi) is 7.64. The topological polar surface area (TPSA) is 91.7 Å². The monoisotopic (exact) mass is 555 g/mol. The van der Waals surface area contributed by atoms with Crippen LogP contribution in [0.4, 0.5) is 0 Å². The molecule has 204 valence electrons. The smallest absolute Gasteiger partial charge is 0.240 e. The number of aryl methyl sites for hydroxylation is 1. The van der Waals surface area contributed by atoms with E-state index >= 15 is 0 Å². The van der Waals surface area contributed by atoms with E-state index in [2.05, 4.69) is 27.4 Å². The van der Waals surface area contributed by atoms with Gasteiger partial charge >= 0.3 is 0 Å². The van der Waals surface area contributed by atoms with Gasteiger partial charge in [0.1, 0.15) is 5.60 Å². The molecule has 0 saturated heterocycles. The number of para-hydroxylation sites is 1. The average Bonchev–Trinajstić information content (AvgIpc) is 3.17. The van der Waals surface area contributed by atoms with Crippen LogP contribution in [0.25, 0.3) is 21.8 Å². The number of ether oxygens (including phenoxy) is 2. The number of rotatable bonds is 9. The van der Waals surface area contributed by atoms with E-state index in [9.17, 15) is 8.42 Å². The third-order valence-electron chi connectivity index (χ3n) is 7.03. The Balaban J connectivity index is 1.80. The number of benzene rings is 2. The average molecular weight is 556 g/mol. The summed E-state index contributed by atoms with van der Waals surface area (Å²) in [6, 6.07) is 16.8. The zero-order valence-corrected chi connectivity index (χ0v) is 25.3. The van der Waals surface area contributed by atoms with Crippen LogP contribution in [0.5, 0.6) is 11.8 Å². The van der Waals surface area contributed by atoms with Crippen LogP contribution in [0.15, 0.2) is 59.5 Å². The first-order chi connectivity index (χ1) is 17.8. The number of nitrogens with one attached hydrogen (secondary N) is 1. The highest BCUT2D eigenvalue weighted by atomic mass is 32.2. The van der Waals surface area contributed by atoms with Crippen LogP contribution in [0.1, 0.15) is 26.3 Å². The minimum atomic E-state index is -3.89. The van der Waals surface area contributed by atoms with Gasteiger partial charge in [0.15, 0.2) is 9.04 Å². The molecule has 0 fully saturated rings. The highest BCUT2D eigenvalue weighted by Crippen LogP contribution is 2.46. The van der Waals surface area contributed by atoms with Crippen LogP contribution in [-0.4, -0.2) is 47.8 Å². The highest BCUT2D eigenvalue weighted by molar-refractivity contribution is 7.89. The van der Waals surface area contributed by atoms with Crippen LogP contribution in [0.2, 0.25) is 13.1 Å². The lowest BCUT2D eigenvalue weighted by Gasteiger charge is -2.46. The predicted octanol–water partition coefficient (Wildman–Crippen LogP) is 4.96. The van der Waals surface area contributed by atoms with Crippen molar-refractivity contribution in [1.82, 2.24) is 14.3 Å². The van der Waals surface area contributed by atoms with E-state index in [0.717, 1.165) is 21.8 Å². The summed E-state index contributed by atoms with van der Waals surface area (Å²) in [6.45, 7) is 10.2. The predicted molar refractivity (Wildman–Crippen MR) is 154 cm³/mol.